The van der Waals surface area contributed by atoms with Gasteiger partial charge in [0.1, 0.15) is 11.8 Å². The topological polar surface area (TPSA) is 89.7 Å². The molecule has 0 fully saturated rings. The van der Waals surface area contributed by atoms with E-state index in [0.717, 1.165) is 17.4 Å². The predicted molar refractivity (Wildman–Crippen MR) is 113 cm³/mol. The first-order chi connectivity index (χ1) is 12.7. The maximum Gasteiger partial charge on any atom is 0.243 e. The second kappa shape index (κ2) is 10.5. The molecule has 8 heteroatoms. The van der Waals surface area contributed by atoms with Gasteiger partial charge in [-0.2, -0.15) is 0 Å². The molecule has 0 aliphatic carbocycles. The second-order valence-electron chi connectivity index (χ2n) is 6.60. The van der Waals surface area contributed by atoms with Crippen LogP contribution in [0.5, 0.6) is 5.75 Å². The molecule has 0 aromatic heterocycles. The highest BCUT2D eigenvalue weighted by molar-refractivity contribution is 7.90. The zero-order valence-corrected chi connectivity index (χ0v) is 17.9. The molecule has 28 heavy (non-hydrogen) atoms. The monoisotopic (exact) mass is 426 g/mol. The number of sulfone groups is 1. The minimum atomic E-state index is -3.27. The molecule has 0 aliphatic rings. The normalized spacial score (nSPS) is 12.0. The summed E-state index contributed by atoms with van der Waals surface area (Å²) in [6, 6.07) is 13.3. The number of likely N-dealkylation sites (N-methyl/N-ethyl adjacent to an activating group) is 1. The molecule has 2 rings (SSSR count). The number of nitrogens with zero attached hydrogens (tertiary/aromatic N) is 1. The van der Waals surface area contributed by atoms with Crippen LogP contribution in [0.3, 0.4) is 0 Å². The number of halogens is 1. The highest BCUT2D eigenvalue weighted by atomic mass is 35.5. The molecule has 0 spiro atoms. The van der Waals surface area contributed by atoms with E-state index in [0.29, 0.717) is 25.3 Å². The average Bonchev–Trinajstić information content (AvgIpc) is 2.64. The van der Waals surface area contributed by atoms with Crippen LogP contribution in [-0.2, 0) is 14.6 Å². The molecule has 0 bridgehead atoms. The molecule has 2 aromatic carbocycles. The zero-order valence-electron chi connectivity index (χ0n) is 16.3. The lowest BCUT2D eigenvalue weighted by Gasteiger charge is -2.21. The third kappa shape index (κ3) is 6.82. The van der Waals surface area contributed by atoms with Gasteiger partial charge < -0.3 is 15.4 Å². The summed E-state index contributed by atoms with van der Waals surface area (Å²) in [5.41, 5.74) is 7.96. The molecule has 0 heterocycles. The van der Waals surface area contributed by atoms with Crippen LogP contribution in [-0.4, -0.2) is 45.7 Å². The van der Waals surface area contributed by atoms with Crippen molar-refractivity contribution in [2.75, 3.05) is 26.5 Å². The molecule has 1 amide bonds. The van der Waals surface area contributed by atoms with Crippen LogP contribution >= 0.6 is 12.4 Å². The van der Waals surface area contributed by atoms with Crippen molar-refractivity contribution in [3.05, 3.63) is 59.7 Å². The van der Waals surface area contributed by atoms with E-state index in [1.807, 2.05) is 31.2 Å². The Morgan fingerprint density at radius 2 is 1.82 bits per heavy atom. The van der Waals surface area contributed by atoms with Crippen molar-refractivity contribution in [3.8, 4) is 5.75 Å². The Labute approximate surface area is 173 Å². The van der Waals surface area contributed by atoms with Gasteiger partial charge in [-0.05, 0) is 37.1 Å². The third-order valence-corrected chi connectivity index (χ3v) is 5.33. The van der Waals surface area contributed by atoms with Gasteiger partial charge in [-0.3, -0.25) is 4.79 Å². The van der Waals surface area contributed by atoms with Crippen LogP contribution in [0.1, 0.15) is 23.6 Å². The molecular weight excluding hydrogens is 400 g/mol. The summed E-state index contributed by atoms with van der Waals surface area (Å²) in [5, 5.41) is 0. The molecular formula is C20H27ClN2O4S. The van der Waals surface area contributed by atoms with Crippen LogP contribution in [0, 0.1) is 6.92 Å². The fourth-order valence-corrected chi connectivity index (χ4v) is 3.21. The van der Waals surface area contributed by atoms with Crippen molar-refractivity contribution in [1.82, 2.24) is 4.90 Å². The number of amides is 1. The van der Waals surface area contributed by atoms with E-state index in [2.05, 4.69) is 0 Å². The van der Waals surface area contributed by atoms with Crippen molar-refractivity contribution in [2.24, 2.45) is 5.73 Å². The van der Waals surface area contributed by atoms with Gasteiger partial charge in [0, 0.05) is 19.8 Å². The number of rotatable bonds is 8. The van der Waals surface area contributed by atoms with Crippen LogP contribution in [0.25, 0.3) is 0 Å². The van der Waals surface area contributed by atoms with E-state index in [9.17, 15) is 13.2 Å². The number of aryl methyl sites for hydroxylation is 1. The average molecular weight is 427 g/mol. The third-order valence-electron chi connectivity index (χ3n) is 4.22. The number of benzene rings is 2. The lowest BCUT2D eigenvalue weighted by Crippen LogP contribution is -2.36. The first-order valence-electron chi connectivity index (χ1n) is 8.68. The smallest absolute Gasteiger partial charge is 0.243 e. The van der Waals surface area contributed by atoms with Crippen LogP contribution in [0.4, 0.5) is 0 Å². The Morgan fingerprint density at radius 1 is 1.18 bits per heavy atom. The maximum atomic E-state index is 12.4. The summed E-state index contributed by atoms with van der Waals surface area (Å²) in [4.78, 5) is 14.2. The highest BCUT2D eigenvalue weighted by Crippen LogP contribution is 2.18. The fraction of sp³-hybridized carbons (Fsp3) is 0.350. The van der Waals surface area contributed by atoms with E-state index in [-0.39, 0.29) is 23.2 Å². The number of carbonyl (C=O) groups is 1. The molecule has 1 atom stereocenters. The molecule has 0 saturated heterocycles. The van der Waals surface area contributed by atoms with Gasteiger partial charge in [-0.15, -0.1) is 12.4 Å². The SMILES string of the molecule is Cc1ccc(C(N)C(=O)N(C)CCCOc2cccc(S(C)(=O)=O)c2)cc1.Cl. The van der Waals surface area contributed by atoms with E-state index in [1.165, 1.54) is 12.1 Å². The van der Waals surface area contributed by atoms with E-state index in [1.54, 1.807) is 24.1 Å². The number of hydrogen-bond donors (Lipinski definition) is 1. The summed E-state index contributed by atoms with van der Waals surface area (Å²) in [6.45, 7) is 2.84. The zero-order chi connectivity index (χ0) is 20.0. The molecule has 0 radical (unpaired) electrons. The van der Waals surface area contributed by atoms with Gasteiger partial charge in [0.05, 0.1) is 11.5 Å². The Bertz CT molecular complexity index is 885. The second-order valence-corrected chi connectivity index (χ2v) is 8.61. The van der Waals surface area contributed by atoms with Gasteiger partial charge >= 0.3 is 0 Å². The Morgan fingerprint density at radius 3 is 2.43 bits per heavy atom. The van der Waals surface area contributed by atoms with Crippen molar-refractivity contribution in [2.45, 2.75) is 24.3 Å². The highest BCUT2D eigenvalue weighted by Gasteiger charge is 2.19. The van der Waals surface area contributed by atoms with Crippen LogP contribution in [0.2, 0.25) is 0 Å². The van der Waals surface area contributed by atoms with Gasteiger partial charge in [-0.25, -0.2) is 8.42 Å². The number of hydrogen-bond acceptors (Lipinski definition) is 5. The molecule has 2 aromatic rings. The van der Waals surface area contributed by atoms with Crippen molar-refractivity contribution in [3.63, 3.8) is 0 Å². The molecule has 0 saturated carbocycles. The Kier molecular flexibility index (Phi) is 8.94. The predicted octanol–water partition coefficient (Wildman–Crippen LogP) is 2.75. The summed E-state index contributed by atoms with van der Waals surface area (Å²) in [5.74, 6) is 0.334. The number of ether oxygens (including phenoxy) is 1. The summed E-state index contributed by atoms with van der Waals surface area (Å²) < 4.78 is 28.7. The van der Waals surface area contributed by atoms with Gasteiger partial charge in [0.15, 0.2) is 9.84 Å². The van der Waals surface area contributed by atoms with Crippen molar-refractivity contribution < 1.29 is 17.9 Å². The first kappa shape index (κ1) is 23.9. The van der Waals surface area contributed by atoms with E-state index >= 15 is 0 Å². The number of carbonyl (C=O) groups excluding carboxylic acids is 1. The van der Waals surface area contributed by atoms with Crippen molar-refractivity contribution in [1.29, 1.82) is 0 Å². The minimum Gasteiger partial charge on any atom is -0.493 e. The summed E-state index contributed by atoms with van der Waals surface area (Å²) >= 11 is 0. The fourth-order valence-electron chi connectivity index (χ4n) is 2.55. The van der Waals surface area contributed by atoms with Crippen LogP contribution < -0.4 is 10.5 Å². The quantitative estimate of drug-likeness (QED) is 0.655. The van der Waals surface area contributed by atoms with Gasteiger partial charge in [-0.1, -0.05) is 35.9 Å². The lowest BCUT2D eigenvalue weighted by atomic mass is 10.0. The van der Waals surface area contributed by atoms with E-state index in [4.69, 9.17) is 10.5 Å². The van der Waals surface area contributed by atoms with Crippen LogP contribution in [0.15, 0.2) is 53.4 Å². The summed E-state index contributed by atoms with van der Waals surface area (Å²) in [6.07, 6.45) is 1.76. The Balaban J connectivity index is 0.00000392. The molecule has 154 valence electrons. The molecule has 2 N–H and O–H groups in total. The largest absolute Gasteiger partial charge is 0.493 e. The maximum absolute atomic E-state index is 12.4. The molecule has 0 aliphatic heterocycles. The lowest BCUT2D eigenvalue weighted by molar-refractivity contribution is -0.131. The van der Waals surface area contributed by atoms with E-state index < -0.39 is 15.9 Å². The molecule has 1 unspecified atom stereocenters. The van der Waals surface area contributed by atoms with Gasteiger partial charge in [0.2, 0.25) is 5.91 Å². The standard InChI is InChI=1S/C20H26N2O4S.ClH/c1-15-8-10-16(11-9-15)19(21)20(23)22(2)12-5-13-26-17-6-4-7-18(14-17)27(3,24)25;/h4,6-11,14,19H,5,12-13,21H2,1-3H3;1H. The van der Waals surface area contributed by atoms with Gasteiger partial charge in [0.25, 0.3) is 0 Å². The first-order valence-corrected chi connectivity index (χ1v) is 10.6. The number of nitrogens with two attached hydrogens (primary N) is 1. The summed E-state index contributed by atoms with van der Waals surface area (Å²) in [7, 11) is -1.56. The van der Waals surface area contributed by atoms with Crippen molar-refractivity contribution >= 4 is 28.2 Å². The minimum absolute atomic E-state index is 0. The Hall–Kier alpha value is -2.09. The molecule has 6 nitrogen and oxygen atoms in total.